The highest BCUT2D eigenvalue weighted by Gasteiger charge is 2.53. The van der Waals surface area contributed by atoms with Crippen molar-refractivity contribution in [2.45, 2.75) is 0 Å². The van der Waals surface area contributed by atoms with E-state index >= 15 is 0 Å². The molecule has 0 saturated heterocycles. The van der Waals surface area contributed by atoms with E-state index in [4.69, 9.17) is 48.3 Å². The zero-order valence-electron chi connectivity index (χ0n) is 29.5. The average Bonchev–Trinajstić information content (AvgIpc) is 3.93. The summed E-state index contributed by atoms with van der Waals surface area (Å²) >= 11 is 0. The van der Waals surface area contributed by atoms with Gasteiger partial charge >= 0.3 is 8.88 Å². The Morgan fingerprint density at radius 1 is 0.418 bits per heavy atom. The van der Waals surface area contributed by atoms with E-state index in [0.717, 1.165) is 43.8 Å². The van der Waals surface area contributed by atoms with Gasteiger partial charge in [0.25, 0.3) is 0 Å². The third-order valence-electron chi connectivity index (χ3n) is 9.83. The molecular weight excluding hydrogens is 717 g/mol. The van der Waals surface area contributed by atoms with Gasteiger partial charge in [0.15, 0.2) is 23.3 Å². The fourth-order valence-corrected chi connectivity index (χ4v) is 10.8. The summed E-state index contributed by atoms with van der Waals surface area (Å²) in [5.41, 5.74) is 4.41. The Hall–Kier alpha value is -5.78. The molecule has 274 valence electrons. The molecule has 55 heavy (non-hydrogen) atoms. The van der Waals surface area contributed by atoms with E-state index in [-0.39, 0.29) is 52.9 Å². The lowest BCUT2D eigenvalue weighted by molar-refractivity contribution is 0.0357. The number of aliphatic hydroxyl groups excluding tert-OH is 2. The van der Waals surface area contributed by atoms with Gasteiger partial charge in [-0.05, 0) is 0 Å². The second-order valence-corrected chi connectivity index (χ2v) is 15.6. The highest BCUT2D eigenvalue weighted by atomic mass is 28.4. The van der Waals surface area contributed by atoms with Crippen LogP contribution in [0.4, 0.5) is 11.6 Å². The molecule has 0 amide bonds. The van der Waals surface area contributed by atoms with E-state index in [1.165, 1.54) is 0 Å². The maximum atomic E-state index is 9.53. The molecule has 0 radical (unpaired) electrons. The Kier molecular flexibility index (Phi) is 8.48. The van der Waals surface area contributed by atoms with Gasteiger partial charge in [-0.1, -0.05) is 97.1 Å². The molecule has 4 aliphatic rings. The first-order valence-electron chi connectivity index (χ1n) is 18.1. The average molecular weight is 751 g/mol. The Labute approximate surface area is 314 Å². The molecular formula is C40H34N8O6Si. The van der Waals surface area contributed by atoms with Crippen LogP contribution in [-0.4, -0.2) is 104 Å². The number of aliphatic imine (C=N–C) groups is 4. The van der Waals surface area contributed by atoms with E-state index in [2.05, 4.69) is 0 Å². The van der Waals surface area contributed by atoms with Gasteiger partial charge in [0, 0.05) is 43.8 Å². The summed E-state index contributed by atoms with van der Waals surface area (Å²) in [5.74, 6) is 3.02. The van der Waals surface area contributed by atoms with Gasteiger partial charge in [0.1, 0.15) is 22.6 Å². The number of aliphatic hydroxyl groups is 2. The highest BCUT2D eigenvalue weighted by Crippen LogP contribution is 2.43. The van der Waals surface area contributed by atoms with Crippen molar-refractivity contribution in [2.24, 2.45) is 30.0 Å². The molecule has 0 saturated carbocycles. The molecule has 2 aromatic heterocycles. The Balaban J connectivity index is 1.42. The molecule has 6 aromatic rings. The Bertz CT molecular complexity index is 2610. The minimum absolute atomic E-state index is 0.0695. The lowest BCUT2D eigenvalue weighted by Gasteiger charge is -2.33. The van der Waals surface area contributed by atoms with Gasteiger partial charge in [-0.3, -0.25) is 8.47 Å². The van der Waals surface area contributed by atoms with E-state index in [1.54, 1.807) is 0 Å². The number of fused-ring (bicyclic) bond motifs is 14. The summed E-state index contributed by atoms with van der Waals surface area (Å²) in [5, 5.41) is 22.3. The van der Waals surface area contributed by atoms with Crippen molar-refractivity contribution in [3.8, 4) is 0 Å². The number of ether oxygens (including phenoxy) is 2. The molecule has 2 N–H and O–H groups in total. The summed E-state index contributed by atoms with van der Waals surface area (Å²) in [7, 11) is -4.29. The van der Waals surface area contributed by atoms with Gasteiger partial charge in [-0.2, -0.15) is 0 Å². The Morgan fingerprint density at radius 3 is 1.22 bits per heavy atom. The third-order valence-corrected chi connectivity index (χ3v) is 13.0. The smallest absolute Gasteiger partial charge is 0.394 e. The van der Waals surface area contributed by atoms with Crippen LogP contribution in [0.3, 0.4) is 0 Å². The maximum absolute atomic E-state index is 9.53. The van der Waals surface area contributed by atoms with Crippen LogP contribution in [0, 0.1) is 0 Å². The first-order valence-corrected chi connectivity index (χ1v) is 19.8. The molecule has 6 bridgehead atoms. The number of hydrogen-bond acceptors (Lipinski definition) is 12. The lowest BCUT2D eigenvalue weighted by Crippen LogP contribution is -2.64. The van der Waals surface area contributed by atoms with Crippen molar-refractivity contribution in [1.82, 2.24) is 8.47 Å². The molecule has 0 unspecified atom stereocenters. The monoisotopic (exact) mass is 750 g/mol. The zero-order chi connectivity index (χ0) is 36.9. The standard InChI is InChI=1S/C40H34N8O6Si/c49-17-19-51-21-23-53-55(54-24-22-52-20-18-50)47-37-29-13-5-6-14-30(29)39(47)45-35-27-11-3-4-12-28(27)36(42-35)46-40-32-16-8-7-15-31(32)38(48(40)55)44-34-26-10-2-1-9-25(26)33(41-34)43-37/h1-16,49-50H,17-24H2. The maximum Gasteiger partial charge on any atom is 0.603 e. The first-order chi connectivity index (χ1) is 27.2. The number of benzene rings is 4. The van der Waals surface area contributed by atoms with Crippen molar-refractivity contribution in [2.75, 3.05) is 52.9 Å². The molecule has 10 rings (SSSR count). The van der Waals surface area contributed by atoms with E-state index in [1.807, 2.05) is 106 Å². The highest BCUT2D eigenvalue weighted by molar-refractivity contribution is 6.66. The molecule has 14 nitrogen and oxygen atoms in total. The number of aromatic nitrogens is 2. The largest absolute Gasteiger partial charge is 0.603 e. The molecule has 4 aliphatic heterocycles. The first kappa shape index (κ1) is 33.8. The minimum Gasteiger partial charge on any atom is -0.394 e. The van der Waals surface area contributed by atoms with E-state index in [9.17, 15) is 10.2 Å². The molecule has 4 aromatic carbocycles. The SMILES string of the molecule is OCCOCCO[Si]1(OCCOCCO)n2c3c4ccccc4c2N=C2N=C(N=c4c5ccccc5c(n41)=NC1=NC(=N3)c3ccccc31)c1ccccc12. The molecule has 6 heterocycles. The summed E-state index contributed by atoms with van der Waals surface area (Å²) < 4.78 is 30.0. The summed E-state index contributed by atoms with van der Waals surface area (Å²) in [6, 6.07) is 31.8. The van der Waals surface area contributed by atoms with E-state index in [0.29, 0.717) is 46.0 Å². The predicted molar refractivity (Wildman–Crippen MR) is 209 cm³/mol. The van der Waals surface area contributed by atoms with Crippen molar-refractivity contribution >= 4 is 65.4 Å². The Morgan fingerprint density at radius 2 is 0.800 bits per heavy atom. The normalized spacial score (nSPS) is 15.7. The van der Waals surface area contributed by atoms with Crippen molar-refractivity contribution in [3.05, 3.63) is 130 Å². The van der Waals surface area contributed by atoms with Crippen molar-refractivity contribution in [1.29, 1.82) is 0 Å². The van der Waals surface area contributed by atoms with Crippen molar-refractivity contribution in [3.63, 3.8) is 0 Å². The molecule has 0 spiro atoms. The molecule has 0 fully saturated rings. The molecule has 15 heteroatoms. The van der Waals surface area contributed by atoms with Crippen LogP contribution in [-0.2, 0) is 18.3 Å². The fourth-order valence-electron chi connectivity index (χ4n) is 7.53. The topological polar surface area (TPSA) is 161 Å². The van der Waals surface area contributed by atoms with Gasteiger partial charge in [0.05, 0.1) is 52.9 Å². The van der Waals surface area contributed by atoms with Crippen LogP contribution in [0.15, 0.2) is 127 Å². The summed E-state index contributed by atoms with van der Waals surface area (Å²) in [6.07, 6.45) is 0. The number of nitrogens with zero attached hydrogens (tertiary/aromatic N) is 8. The van der Waals surface area contributed by atoms with Crippen LogP contribution in [0.2, 0.25) is 0 Å². The lowest BCUT2D eigenvalue weighted by atomic mass is 10.1. The minimum atomic E-state index is -4.29. The number of rotatable bonds is 12. The summed E-state index contributed by atoms with van der Waals surface area (Å²) in [6.45, 7) is 0.476. The van der Waals surface area contributed by atoms with Gasteiger partial charge in [-0.25, -0.2) is 30.0 Å². The van der Waals surface area contributed by atoms with Crippen LogP contribution in [0.1, 0.15) is 22.3 Å². The number of amidine groups is 4. The second-order valence-electron chi connectivity index (χ2n) is 13.0. The van der Waals surface area contributed by atoms with Gasteiger partial charge < -0.3 is 28.5 Å². The van der Waals surface area contributed by atoms with Crippen LogP contribution < -0.4 is 11.0 Å². The second kappa shape index (κ2) is 13.8. The summed E-state index contributed by atoms with van der Waals surface area (Å²) in [4.78, 5) is 31.7. The number of hydrogen-bond donors (Lipinski definition) is 2. The van der Waals surface area contributed by atoms with Gasteiger partial charge in [0.2, 0.25) is 0 Å². The van der Waals surface area contributed by atoms with Crippen molar-refractivity contribution < 1.29 is 28.5 Å². The van der Waals surface area contributed by atoms with E-state index < -0.39 is 8.88 Å². The fraction of sp³-hybridized carbons (Fsp3) is 0.200. The van der Waals surface area contributed by atoms with Crippen LogP contribution >= 0.6 is 0 Å². The van der Waals surface area contributed by atoms with Crippen LogP contribution in [0.5, 0.6) is 0 Å². The van der Waals surface area contributed by atoms with Gasteiger partial charge in [-0.15, -0.1) is 0 Å². The molecule has 0 aliphatic carbocycles. The predicted octanol–water partition coefficient (Wildman–Crippen LogP) is 3.42. The van der Waals surface area contributed by atoms with Crippen LogP contribution in [0.25, 0.3) is 21.5 Å². The third kappa shape index (κ3) is 5.39. The quantitative estimate of drug-likeness (QED) is 0.144. The zero-order valence-corrected chi connectivity index (χ0v) is 30.5. The molecule has 0 atom stereocenters.